The van der Waals surface area contributed by atoms with Gasteiger partial charge in [-0.25, -0.2) is 19.0 Å². The van der Waals surface area contributed by atoms with Crippen molar-refractivity contribution in [1.29, 1.82) is 0 Å². The van der Waals surface area contributed by atoms with Crippen LogP contribution in [0.15, 0.2) is 29.3 Å². The fourth-order valence-corrected chi connectivity index (χ4v) is 5.07. The fraction of sp³-hybridized carbons (Fsp3) is 0.458. The van der Waals surface area contributed by atoms with Gasteiger partial charge in [0.25, 0.3) is 11.5 Å². The first kappa shape index (κ1) is 23.2. The van der Waals surface area contributed by atoms with Gasteiger partial charge in [-0.05, 0) is 30.5 Å². The maximum Gasteiger partial charge on any atom is 0.296 e. The Morgan fingerprint density at radius 3 is 2.89 bits per heavy atom. The minimum absolute atomic E-state index is 0.00521. The number of benzene rings is 1. The lowest BCUT2D eigenvalue weighted by molar-refractivity contribution is 0.0911. The third-order valence-corrected chi connectivity index (χ3v) is 6.88. The van der Waals surface area contributed by atoms with Crippen LogP contribution in [-0.2, 0) is 29.7 Å². The predicted octanol–water partition coefficient (Wildman–Crippen LogP) is 2.00. The molecular formula is C24H27FN6O4. The van der Waals surface area contributed by atoms with Crippen LogP contribution in [0, 0.1) is 5.82 Å². The molecule has 10 nitrogen and oxygen atoms in total. The molecule has 2 N–H and O–H groups in total. The van der Waals surface area contributed by atoms with E-state index >= 15 is 0 Å². The smallest absolute Gasteiger partial charge is 0.296 e. The lowest BCUT2D eigenvalue weighted by Crippen LogP contribution is -2.38. The number of rotatable bonds is 5. The Labute approximate surface area is 200 Å². The SMILES string of the molecule is CCc1ncnn1-c1cc(F)ccc1CNC(=O)c1nc2n(c(=O)c1O)CCOCC21CCCC1. The van der Waals surface area contributed by atoms with E-state index in [1.165, 1.54) is 27.7 Å². The second-order valence-electron chi connectivity index (χ2n) is 9.03. The first-order valence-corrected chi connectivity index (χ1v) is 11.8. The van der Waals surface area contributed by atoms with E-state index in [0.29, 0.717) is 42.5 Å². The highest BCUT2D eigenvalue weighted by Gasteiger charge is 2.42. The van der Waals surface area contributed by atoms with Gasteiger partial charge < -0.3 is 15.2 Å². The van der Waals surface area contributed by atoms with Gasteiger partial charge in [0.15, 0.2) is 5.69 Å². The number of hydrogen-bond donors (Lipinski definition) is 2. The molecule has 1 aromatic carbocycles. The van der Waals surface area contributed by atoms with Crippen LogP contribution < -0.4 is 10.9 Å². The molecule has 1 aliphatic heterocycles. The van der Waals surface area contributed by atoms with Crippen LogP contribution in [0.2, 0.25) is 0 Å². The first-order valence-electron chi connectivity index (χ1n) is 11.8. The number of nitrogens with zero attached hydrogens (tertiary/aromatic N) is 5. The Balaban J connectivity index is 1.47. The first-order chi connectivity index (χ1) is 16.9. The highest BCUT2D eigenvalue weighted by Crippen LogP contribution is 2.41. The van der Waals surface area contributed by atoms with Gasteiger partial charge in [0.05, 0.1) is 30.9 Å². The number of nitrogens with one attached hydrogen (secondary N) is 1. The van der Waals surface area contributed by atoms with Crippen LogP contribution in [0.4, 0.5) is 4.39 Å². The van der Waals surface area contributed by atoms with E-state index in [0.717, 1.165) is 25.7 Å². The summed E-state index contributed by atoms with van der Waals surface area (Å²) in [7, 11) is 0. The highest BCUT2D eigenvalue weighted by molar-refractivity contribution is 5.94. The van der Waals surface area contributed by atoms with Crippen LogP contribution in [0.3, 0.4) is 0 Å². The van der Waals surface area contributed by atoms with Crippen molar-refractivity contribution in [3.63, 3.8) is 0 Å². The van der Waals surface area contributed by atoms with Crippen molar-refractivity contribution in [2.45, 2.75) is 57.5 Å². The van der Waals surface area contributed by atoms with Gasteiger partial charge >= 0.3 is 0 Å². The van der Waals surface area contributed by atoms with E-state index in [9.17, 15) is 19.1 Å². The van der Waals surface area contributed by atoms with Gasteiger partial charge in [-0.15, -0.1) is 0 Å². The number of fused-ring (bicyclic) bond motifs is 2. The average Bonchev–Trinajstić information content (AvgIpc) is 3.49. The average molecular weight is 483 g/mol. The standard InChI is InChI=1S/C24H27FN6O4/c1-2-18-27-14-28-31(18)17-11-16(25)6-5-15(17)12-26-21(33)19-20(32)22(34)30-9-10-35-13-24(23(30)29-19)7-3-4-8-24/h5-6,11,14,32H,2-4,7-10,12-13H2,1H3,(H,26,33). The molecule has 0 atom stereocenters. The molecule has 3 aromatic rings. The van der Waals surface area contributed by atoms with Gasteiger partial charge in [0, 0.05) is 13.0 Å². The molecule has 35 heavy (non-hydrogen) atoms. The van der Waals surface area contributed by atoms with Crippen LogP contribution in [0.1, 0.15) is 60.3 Å². The molecule has 184 valence electrons. The largest absolute Gasteiger partial charge is 0.501 e. The summed E-state index contributed by atoms with van der Waals surface area (Å²) in [6.45, 7) is 2.97. The molecule has 1 saturated carbocycles. The molecule has 1 aliphatic carbocycles. The second kappa shape index (κ2) is 9.21. The number of amides is 1. The molecule has 0 radical (unpaired) electrons. The van der Waals surface area contributed by atoms with Crippen LogP contribution in [0.25, 0.3) is 5.69 Å². The Bertz CT molecular complexity index is 1330. The molecule has 1 spiro atoms. The van der Waals surface area contributed by atoms with Gasteiger partial charge in [-0.1, -0.05) is 25.8 Å². The van der Waals surface area contributed by atoms with Crippen molar-refractivity contribution in [3.05, 3.63) is 63.6 Å². The molecule has 3 heterocycles. The Morgan fingerprint density at radius 2 is 2.11 bits per heavy atom. The minimum atomic E-state index is -0.690. The Morgan fingerprint density at radius 1 is 1.31 bits per heavy atom. The molecule has 1 amide bonds. The molecular weight excluding hydrogens is 455 g/mol. The van der Waals surface area contributed by atoms with Crippen LogP contribution >= 0.6 is 0 Å². The van der Waals surface area contributed by atoms with Crippen LogP contribution in [-0.4, -0.2) is 48.5 Å². The zero-order chi connectivity index (χ0) is 24.6. The molecule has 5 rings (SSSR count). The number of halogens is 1. The van der Waals surface area contributed by atoms with E-state index in [1.54, 1.807) is 6.07 Å². The lowest BCUT2D eigenvalue weighted by atomic mass is 9.86. The monoisotopic (exact) mass is 482 g/mol. The van der Waals surface area contributed by atoms with Gasteiger partial charge in [0.1, 0.15) is 23.8 Å². The number of aromatic hydroxyl groups is 1. The third kappa shape index (κ3) is 4.09. The van der Waals surface area contributed by atoms with Crippen molar-refractivity contribution < 1.29 is 19.0 Å². The summed E-state index contributed by atoms with van der Waals surface area (Å²) in [5, 5.41) is 17.5. The third-order valence-electron chi connectivity index (χ3n) is 6.88. The number of aryl methyl sites for hydroxylation is 1. The van der Waals surface area contributed by atoms with Crippen LogP contribution in [0.5, 0.6) is 5.75 Å². The Kier molecular flexibility index (Phi) is 6.10. The van der Waals surface area contributed by atoms with E-state index in [-0.39, 0.29) is 18.8 Å². The van der Waals surface area contributed by atoms with Crippen molar-refractivity contribution in [2.75, 3.05) is 13.2 Å². The van der Waals surface area contributed by atoms with Gasteiger partial charge in [-0.2, -0.15) is 5.10 Å². The molecule has 0 unspecified atom stereocenters. The summed E-state index contributed by atoms with van der Waals surface area (Å²) in [6.07, 6.45) is 5.56. The maximum absolute atomic E-state index is 14.0. The van der Waals surface area contributed by atoms with E-state index in [1.807, 2.05) is 6.92 Å². The number of aromatic nitrogens is 5. The molecule has 0 saturated heterocycles. The van der Waals surface area contributed by atoms with E-state index in [4.69, 9.17) is 4.74 Å². The summed E-state index contributed by atoms with van der Waals surface area (Å²) >= 11 is 0. The van der Waals surface area contributed by atoms with Gasteiger partial charge in [0.2, 0.25) is 5.75 Å². The molecule has 11 heteroatoms. The topological polar surface area (TPSA) is 124 Å². The zero-order valence-electron chi connectivity index (χ0n) is 19.5. The fourth-order valence-electron chi connectivity index (χ4n) is 5.07. The molecule has 2 aromatic heterocycles. The van der Waals surface area contributed by atoms with Gasteiger partial charge in [-0.3, -0.25) is 14.2 Å². The number of carbonyl (C=O) groups is 1. The normalized spacial score (nSPS) is 16.7. The predicted molar refractivity (Wildman–Crippen MR) is 123 cm³/mol. The summed E-state index contributed by atoms with van der Waals surface area (Å²) in [5.74, 6) is -0.686. The zero-order valence-corrected chi connectivity index (χ0v) is 19.5. The molecule has 0 bridgehead atoms. The number of ether oxygens (including phenoxy) is 1. The maximum atomic E-state index is 14.0. The van der Waals surface area contributed by atoms with Crippen molar-refractivity contribution in [1.82, 2.24) is 29.6 Å². The summed E-state index contributed by atoms with van der Waals surface area (Å²) in [5.41, 5.74) is -0.359. The summed E-state index contributed by atoms with van der Waals surface area (Å²) in [6, 6.07) is 4.17. The molecule has 1 fully saturated rings. The summed E-state index contributed by atoms with van der Waals surface area (Å²) < 4.78 is 22.8. The number of carbonyl (C=O) groups excluding carboxylic acids is 1. The lowest BCUT2D eigenvalue weighted by Gasteiger charge is -2.28. The molecule has 2 aliphatic rings. The quantitative estimate of drug-likeness (QED) is 0.570. The van der Waals surface area contributed by atoms with Crippen molar-refractivity contribution >= 4 is 5.91 Å². The minimum Gasteiger partial charge on any atom is -0.501 e. The second-order valence-corrected chi connectivity index (χ2v) is 9.03. The number of hydrogen-bond acceptors (Lipinski definition) is 7. The van der Waals surface area contributed by atoms with Crippen molar-refractivity contribution in [3.8, 4) is 11.4 Å². The van der Waals surface area contributed by atoms with E-state index < -0.39 is 28.4 Å². The summed E-state index contributed by atoms with van der Waals surface area (Å²) in [4.78, 5) is 34.8. The Hall–Kier alpha value is -3.60. The highest BCUT2D eigenvalue weighted by atomic mass is 19.1. The van der Waals surface area contributed by atoms with E-state index in [2.05, 4.69) is 20.4 Å². The van der Waals surface area contributed by atoms with Crippen molar-refractivity contribution in [2.24, 2.45) is 0 Å².